The maximum absolute atomic E-state index is 13.5. The Bertz CT molecular complexity index is 1030. The van der Waals surface area contributed by atoms with Crippen LogP contribution >= 0.6 is 0 Å². The fourth-order valence-corrected chi connectivity index (χ4v) is 3.92. The van der Waals surface area contributed by atoms with Crippen molar-refractivity contribution in [2.75, 3.05) is 13.2 Å². The number of benzene rings is 2. The number of ketones is 1. The minimum absolute atomic E-state index is 0.240. The summed E-state index contributed by atoms with van der Waals surface area (Å²) in [7, 11) is 0. The molecule has 1 aliphatic heterocycles. The molecule has 186 valence electrons. The Labute approximate surface area is 205 Å². The van der Waals surface area contributed by atoms with Crippen LogP contribution in [0.2, 0.25) is 0 Å². The third-order valence-electron chi connectivity index (χ3n) is 5.52. The number of carbonyl (C=O) groups excluding carboxylic acids is 4. The van der Waals surface area contributed by atoms with Crippen LogP contribution in [0, 0.1) is 0 Å². The monoisotopic (exact) mass is 480 g/mol. The molecule has 1 aliphatic rings. The van der Waals surface area contributed by atoms with E-state index < -0.39 is 42.3 Å². The van der Waals surface area contributed by atoms with Gasteiger partial charge in [0.1, 0.15) is 17.7 Å². The van der Waals surface area contributed by atoms with Crippen LogP contribution in [0.15, 0.2) is 60.7 Å². The van der Waals surface area contributed by atoms with Gasteiger partial charge in [-0.3, -0.25) is 9.59 Å². The Kier molecular flexibility index (Phi) is 8.63. The zero-order valence-electron chi connectivity index (χ0n) is 20.4. The Balaban J connectivity index is 1.69. The van der Waals surface area contributed by atoms with Gasteiger partial charge >= 0.3 is 12.1 Å². The average Bonchev–Trinajstić information content (AvgIpc) is 3.31. The molecule has 35 heavy (non-hydrogen) atoms. The van der Waals surface area contributed by atoms with E-state index in [-0.39, 0.29) is 12.2 Å². The summed E-state index contributed by atoms with van der Waals surface area (Å²) in [4.78, 5) is 52.5. The second-order valence-electron chi connectivity index (χ2n) is 9.48. The summed E-state index contributed by atoms with van der Waals surface area (Å²) in [5.41, 5.74) is 0.577. The van der Waals surface area contributed by atoms with Crippen molar-refractivity contribution in [1.82, 2.24) is 10.2 Å². The van der Waals surface area contributed by atoms with Crippen LogP contribution in [0.25, 0.3) is 0 Å². The molecule has 0 spiro atoms. The SMILES string of the molecule is CC(C)(C)OC(=O)N[C@@H](Cc1ccccc1)C(=O)N1CCC[C@H]1C(=O)OCC(=O)c1ccccc1. The number of amides is 2. The zero-order valence-corrected chi connectivity index (χ0v) is 20.4. The molecule has 2 amide bonds. The minimum atomic E-state index is -0.924. The van der Waals surface area contributed by atoms with Crippen molar-refractivity contribution in [2.45, 2.75) is 57.7 Å². The number of alkyl carbamates (subject to hydrolysis) is 1. The highest BCUT2D eigenvalue weighted by atomic mass is 16.6. The second kappa shape index (κ2) is 11.6. The summed E-state index contributed by atoms with van der Waals surface area (Å²) >= 11 is 0. The van der Waals surface area contributed by atoms with Gasteiger partial charge < -0.3 is 19.7 Å². The Morgan fingerprint density at radius 1 is 1.00 bits per heavy atom. The maximum atomic E-state index is 13.5. The molecule has 3 rings (SSSR count). The molecule has 8 nitrogen and oxygen atoms in total. The van der Waals surface area contributed by atoms with Crippen molar-refractivity contribution >= 4 is 23.8 Å². The lowest BCUT2D eigenvalue weighted by molar-refractivity contribution is -0.153. The molecular formula is C27H32N2O6. The molecule has 0 aliphatic carbocycles. The number of carbonyl (C=O) groups is 4. The molecule has 1 saturated heterocycles. The van der Waals surface area contributed by atoms with E-state index in [9.17, 15) is 19.2 Å². The standard InChI is InChI=1S/C27H32N2O6/c1-27(2,3)35-26(33)28-21(17-19-11-6-4-7-12-19)24(31)29-16-10-15-22(29)25(32)34-18-23(30)20-13-8-5-9-14-20/h4-9,11-14,21-22H,10,15-18H2,1-3H3,(H,28,33)/t21-,22-/m0/s1. The first-order valence-corrected chi connectivity index (χ1v) is 11.7. The highest BCUT2D eigenvalue weighted by Gasteiger charge is 2.39. The molecule has 2 aromatic carbocycles. The van der Waals surface area contributed by atoms with Crippen molar-refractivity contribution in [3.05, 3.63) is 71.8 Å². The van der Waals surface area contributed by atoms with E-state index in [1.54, 1.807) is 51.1 Å². The number of Topliss-reactive ketones (excluding diaryl/α,β-unsaturated/α-hetero) is 1. The van der Waals surface area contributed by atoms with E-state index in [0.717, 1.165) is 5.56 Å². The molecule has 1 fully saturated rings. The summed E-state index contributed by atoms with van der Waals surface area (Å²) in [5, 5.41) is 2.67. The first-order chi connectivity index (χ1) is 16.6. The first-order valence-electron chi connectivity index (χ1n) is 11.7. The number of nitrogens with one attached hydrogen (secondary N) is 1. The predicted molar refractivity (Wildman–Crippen MR) is 130 cm³/mol. The molecule has 2 atom stereocenters. The molecule has 0 unspecified atom stereocenters. The van der Waals surface area contributed by atoms with Gasteiger partial charge in [-0.05, 0) is 39.2 Å². The summed E-state index contributed by atoms with van der Waals surface area (Å²) < 4.78 is 10.6. The molecule has 0 saturated carbocycles. The van der Waals surface area contributed by atoms with Gasteiger partial charge in [0.2, 0.25) is 5.91 Å². The largest absolute Gasteiger partial charge is 0.456 e. The molecular weight excluding hydrogens is 448 g/mol. The minimum Gasteiger partial charge on any atom is -0.456 e. The van der Waals surface area contributed by atoms with Crippen molar-refractivity contribution in [3.8, 4) is 0 Å². The van der Waals surface area contributed by atoms with E-state index in [2.05, 4.69) is 5.32 Å². The number of ether oxygens (including phenoxy) is 2. The number of rotatable bonds is 8. The summed E-state index contributed by atoms with van der Waals surface area (Å²) in [6.45, 7) is 5.18. The molecule has 1 N–H and O–H groups in total. The number of hydrogen-bond acceptors (Lipinski definition) is 6. The smallest absolute Gasteiger partial charge is 0.408 e. The summed E-state index contributed by atoms with van der Waals surface area (Å²) in [6.07, 6.45) is 0.569. The van der Waals surface area contributed by atoms with Gasteiger partial charge in [0, 0.05) is 18.5 Å². The first kappa shape index (κ1) is 25.9. The fourth-order valence-electron chi connectivity index (χ4n) is 3.92. The van der Waals surface area contributed by atoms with Gasteiger partial charge in [0.15, 0.2) is 12.4 Å². The lowest BCUT2D eigenvalue weighted by Gasteiger charge is -2.29. The molecule has 0 radical (unpaired) electrons. The van der Waals surface area contributed by atoms with Gasteiger partial charge in [-0.15, -0.1) is 0 Å². The van der Waals surface area contributed by atoms with Crippen LogP contribution in [0.1, 0.15) is 49.5 Å². The van der Waals surface area contributed by atoms with Crippen LogP contribution in [0.5, 0.6) is 0 Å². The number of hydrogen-bond donors (Lipinski definition) is 1. The van der Waals surface area contributed by atoms with E-state index in [1.165, 1.54) is 4.90 Å². The molecule has 0 aromatic heterocycles. The second-order valence-corrected chi connectivity index (χ2v) is 9.48. The lowest BCUT2D eigenvalue weighted by atomic mass is 10.0. The van der Waals surface area contributed by atoms with Crippen LogP contribution in [-0.4, -0.2) is 59.5 Å². The van der Waals surface area contributed by atoms with Gasteiger partial charge in [-0.25, -0.2) is 9.59 Å². The number of likely N-dealkylation sites (tertiary alicyclic amines) is 1. The molecule has 1 heterocycles. The van der Waals surface area contributed by atoms with Crippen molar-refractivity contribution < 1.29 is 28.7 Å². The molecule has 2 aromatic rings. The van der Waals surface area contributed by atoms with Crippen LogP contribution < -0.4 is 5.32 Å². The van der Waals surface area contributed by atoms with Crippen LogP contribution in [0.4, 0.5) is 4.79 Å². The third kappa shape index (κ3) is 7.67. The predicted octanol–water partition coefficient (Wildman–Crippen LogP) is 3.54. The van der Waals surface area contributed by atoms with E-state index in [0.29, 0.717) is 24.9 Å². The van der Waals surface area contributed by atoms with Crippen molar-refractivity contribution in [2.24, 2.45) is 0 Å². The van der Waals surface area contributed by atoms with Gasteiger partial charge in [0.25, 0.3) is 0 Å². The molecule has 8 heteroatoms. The summed E-state index contributed by atoms with van der Waals surface area (Å²) in [5.74, 6) is -1.34. The highest BCUT2D eigenvalue weighted by Crippen LogP contribution is 2.21. The fraction of sp³-hybridized carbons (Fsp3) is 0.407. The van der Waals surface area contributed by atoms with E-state index >= 15 is 0 Å². The van der Waals surface area contributed by atoms with Crippen LogP contribution in [-0.2, 0) is 25.5 Å². The zero-order chi connectivity index (χ0) is 25.4. The summed E-state index contributed by atoms with van der Waals surface area (Å²) in [6, 6.07) is 16.1. The maximum Gasteiger partial charge on any atom is 0.408 e. The highest BCUT2D eigenvalue weighted by molar-refractivity contribution is 5.98. The lowest BCUT2D eigenvalue weighted by Crippen LogP contribution is -2.53. The van der Waals surface area contributed by atoms with Gasteiger partial charge in [-0.1, -0.05) is 60.7 Å². The Morgan fingerprint density at radius 2 is 1.63 bits per heavy atom. The van der Waals surface area contributed by atoms with Crippen molar-refractivity contribution in [1.29, 1.82) is 0 Å². The van der Waals surface area contributed by atoms with E-state index in [4.69, 9.17) is 9.47 Å². The van der Waals surface area contributed by atoms with E-state index in [1.807, 2.05) is 30.3 Å². The Hall–Kier alpha value is -3.68. The quantitative estimate of drug-likeness (QED) is 0.458. The van der Waals surface area contributed by atoms with Gasteiger partial charge in [-0.2, -0.15) is 0 Å². The topological polar surface area (TPSA) is 102 Å². The number of nitrogens with zero attached hydrogens (tertiary/aromatic N) is 1. The average molecular weight is 481 g/mol. The van der Waals surface area contributed by atoms with Gasteiger partial charge in [0.05, 0.1) is 0 Å². The Morgan fingerprint density at radius 3 is 2.26 bits per heavy atom. The van der Waals surface area contributed by atoms with Crippen LogP contribution in [0.3, 0.4) is 0 Å². The molecule has 0 bridgehead atoms. The number of esters is 1. The van der Waals surface area contributed by atoms with Crippen molar-refractivity contribution in [3.63, 3.8) is 0 Å². The third-order valence-corrected chi connectivity index (χ3v) is 5.52. The normalized spacial score (nSPS) is 16.3.